The molecule has 5 heteroatoms. The lowest BCUT2D eigenvalue weighted by molar-refractivity contribution is 0.0930. The van der Waals surface area contributed by atoms with Gasteiger partial charge in [0, 0.05) is 17.6 Å². The van der Waals surface area contributed by atoms with Crippen molar-refractivity contribution in [3.8, 4) is 5.75 Å². The van der Waals surface area contributed by atoms with Gasteiger partial charge < -0.3 is 15.8 Å². The minimum Gasteiger partial charge on any atom is -0.497 e. The third-order valence-corrected chi connectivity index (χ3v) is 3.30. The summed E-state index contributed by atoms with van der Waals surface area (Å²) in [5, 5.41) is 2.87. The minimum atomic E-state index is -0.178. The van der Waals surface area contributed by atoms with Crippen LogP contribution >= 0.6 is 12.4 Å². The van der Waals surface area contributed by atoms with Gasteiger partial charge in [-0.25, -0.2) is 0 Å². The maximum absolute atomic E-state index is 11.8. The van der Waals surface area contributed by atoms with E-state index < -0.39 is 0 Å². The Bertz CT molecular complexity index is 402. The molecule has 18 heavy (non-hydrogen) atoms. The van der Waals surface area contributed by atoms with Gasteiger partial charge in [-0.1, -0.05) is 0 Å². The molecule has 1 aliphatic rings. The molecular formula is C13H19ClN2O2. The van der Waals surface area contributed by atoms with Gasteiger partial charge in [-0.2, -0.15) is 0 Å². The Balaban J connectivity index is 0.00000162. The number of rotatable bonds is 4. The molecular weight excluding hydrogens is 252 g/mol. The van der Waals surface area contributed by atoms with Gasteiger partial charge in [-0.15, -0.1) is 12.4 Å². The SMILES string of the molecule is COc1ccc(C(=O)NCC2(N)CCC2)cc1.Cl. The fourth-order valence-corrected chi connectivity index (χ4v) is 1.91. The summed E-state index contributed by atoms with van der Waals surface area (Å²) in [6.45, 7) is 0.553. The smallest absolute Gasteiger partial charge is 0.251 e. The van der Waals surface area contributed by atoms with E-state index in [0.717, 1.165) is 25.0 Å². The normalized spacial score (nSPS) is 16.1. The first-order chi connectivity index (χ1) is 8.13. The van der Waals surface area contributed by atoms with Gasteiger partial charge in [0.2, 0.25) is 0 Å². The Kier molecular flexibility index (Phi) is 4.99. The van der Waals surface area contributed by atoms with Gasteiger partial charge in [-0.05, 0) is 43.5 Å². The lowest BCUT2D eigenvalue weighted by atomic mass is 9.78. The van der Waals surface area contributed by atoms with Crippen LogP contribution in [0.25, 0.3) is 0 Å². The zero-order chi connectivity index (χ0) is 12.3. The van der Waals surface area contributed by atoms with Gasteiger partial charge >= 0.3 is 0 Å². The molecule has 3 N–H and O–H groups in total. The monoisotopic (exact) mass is 270 g/mol. The van der Waals surface area contributed by atoms with E-state index in [2.05, 4.69) is 5.32 Å². The summed E-state index contributed by atoms with van der Waals surface area (Å²) in [4.78, 5) is 11.8. The highest BCUT2D eigenvalue weighted by Crippen LogP contribution is 2.28. The summed E-state index contributed by atoms with van der Waals surface area (Å²) in [7, 11) is 1.60. The highest BCUT2D eigenvalue weighted by Gasteiger charge is 2.32. The van der Waals surface area contributed by atoms with Crippen LogP contribution in [-0.2, 0) is 0 Å². The molecule has 0 unspecified atom stereocenters. The number of hydrogen-bond donors (Lipinski definition) is 2. The lowest BCUT2D eigenvalue weighted by Gasteiger charge is -2.38. The number of methoxy groups -OCH3 is 1. The summed E-state index contributed by atoms with van der Waals surface area (Å²) in [5.74, 6) is 0.667. The van der Waals surface area contributed by atoms with Crippen LogP contribution in [0.2, 0.25) is 0 Å². The maximum Gasteiger partial charge on any atom is 0.251 e. The largest absolute Gasteiger partial charge is 0.497 e. The van der Waals surface area contributed by atoms with Crippen molar-refractivity contribution in [3.05, 3.63) is 29.8 Å². The van der Waals surface area contributed by atoms with Crippen molar-refractivity contribution in [1.82, 2.24) is 5.32 Å². The molecule has 1 fully saturated rings. The van der Waals surface area contributed by atoms with E-state index in [-0.39, 0.29) is 23.9 Å². The maximum atomic E-state index is 11.8. The third-order valence-electron chi connectivity index (χ3n) is 3.30. The number of amides is 1. The molecule has 0 spiro atoms. The van der Waals surface area contributed by atoms with Gasteiger partial charge in [0.15, 0.2) is 0 Å². The number of nitrogens with two attached hydrogens (primary N) is 1. The molecule has 1 aliphatic carbocycles. The van der Waals surface area contributed by atoms with Crippen LogP contribution in [0.3, 0.4) is 0 Å². The van der Waals surface area contributed by atoms with Crippen LogP contribution < -0.4 is 15.8 Å². The zero-order valence-corrected chi connectivity index (χ0v) is 11.3. The molecule has 0 aromatic heterocycles. The van der Waals surface area contributed by atoms with Crippen LogP contribution in [0, 0.1) is 0 Å². The Hall–Kier alpha value is -1.26. The van der Waals surface area contributed by atoms with E-state index in [1.807, 2.05) is 0 Å². The molecule has 1 amide bonds. The number of nitrogens with one attached hydrogen (secondary N) is 1. The Morgan fingerprint density at radius 2 is 2.00 bits per heavy atom. The van der Waals surface area contributed by atoms with Crippen molar-refractivity contribution in [2.24, 2.45) is 5.73 Å². The zero-order valence-electron chi connectivity index (χ0n) is 10.4. The standard InChI is InChI=1S/C13H18N2O2.ClH/c1-17-11-5-3-10(4-6-11)12(16)15-9-13(14)7-2-8-13;/h3-6H,2,7-9,14H2,1H3,(H,15,16);1H. The van der Waals surface area contributed by atoms with E-state index in [1.54, 1.807) is 31.4 Å². The van der Waals surface area contributed by atoms with E-state index in [0.29, 0.717) is 12.1 Å². The Morgan fingerprint density at radius 1 is 1.39 bits per heavy atom. The molecule has 4 nitrogen and oxygen atoms in total. The van der Waals surface area contributed by atoms with Crippen molar-refractivity contribution < 1.29 is 9.53 Å². The topological polar surface area (TPSA) is 64.3 Å². The molecule has 1 saturated carbocycles. The molecule has 100 valence electrons. The van der Waals surface area contributed by atoms with E-state index >= 15 is 0 Å². The summed E-state index contributed by atoms with van der Waals surface area (Å²) >= 11 is 0. The fraction of sp³-hybridized carbons (Fsp3) is 0.462. The number of ether oxygens (including phenoxy) is 1. The number of hydrogen-bond acceptors (Lipinski definition) is 3. The van der Waals surface area contributed by atoms with Gasteiger partial charge in [0.1, 0.15) is 5.75 Å². The quantitative estimate of drug-likeness (QED) is 0.876. The summed E-state index contributed by atoms with van der Waals surface area (Å²) in [5.41, 5.74) is 6.49. The van der Waals surface area contributed by atoms with Crippen LogP contribution in [0.4, 0.5) is 0 Å². The molecule has 0 bridgehead atoms. The average molecular weight is 271 g/mol. The molecule has 1 aromatic carbocycles. The van der Waals surface area contributed by atoms with Gasteiger partial charge in [-0.3, -0.25) is 4.79 Å². The molecule has 0 radical (unpaired) electrons. The second kappa shape index (κ2) is 6.07. The summed E-state index contributed by atoms with van der Waals surface area (Å²) in [6.07, 6.45) is 3.15. The average Bonchev–Trinajstić information content (AvgIpc) is 2.33. The van der Waals surface area contributed by atoms with Crippen LogP contribution in [-0.4, -0.2) is 25.1 Å². The number of carbonyl (C=O) groups excluding carboxylic acids is 1. The van der Waals surface area contributed by atoms with Crippen molar-refractivity contribution >= 4 is 18.3 Å². The fourth-order valence-electron chi connectivity index (χ4n) is 1.91. The molecule has 0 atom stereocenters. The number of benzene rings is 1. The number of carbonyl (C=O) groups is 1. The molecule has 0 heterocycles. The van der Waals surface area contributed by atoms with Crippen molar-refractivity contribution in [1.29, 1.82) is 0 Å². The van der Waals surface area contributed by atoms with Crippen molar-refractivity contribution in [2.45, 2.75) is 24.8 Å². The molecule has 0 saturated heterocycles. The van der Waals surface area contributed by atoms with Crippen molar-refractivity contribution in [2.75, 3.05) is 13.7 Å². The van der Waals surface area contributed by atoms with E-state index in [4.69, 9.17) is 10.5 Å². The van der Waals surface area contributed by atoms with Gasteiger partial charge in [0.05, 0.1) is 7.11 Å². The second-order valence-electron chi connectivity index (χ2n) is 4.63. The van der Waals surface area contributed by atoms with Gasteiger partial charge in [0.25, 0.3) is 5.91 Å². The Labute approximate surface area is 113 Å². The first-order valence-corrected chi connectivity index (χ1v) is 5.84. The summed E-state index contributed by atoms with van der Waals surface area (Å²) in [6, 6.07) is 7.04. The highest BCUT2D eigenvalue weighted by molar-refractivity contribution is 5.94. The predicted molar refractivity (Wildman–Crippen MR) is 73.3 cm³/mol. The highest BCUT2D eigenvalue weighted by atomic mass is 35.5. The molecule has 2 rings (SSSR count). The second-order valence-corrected chi connectivity index (χ2v) is 4.63. The van der Waals surface area contributed by atoms with Crippen LogP contribution in [0.1, 0.15) is 29.6 Å². The first-order valence-electron chi connectivity index (χ1n) is 5.84. The predicted octanol–water partition coefficient (Wildman–Crippen LogP) is 1.73. The lowest BCUT2D eigenvalue weighted by Crippen LogP contribution is -2.54. The number of halogens is 1. The van der Waals surface area contributed by atoms with Crippen molar-refractivity contribution in [3.63, 3.8) is 0 Å². The first kappa shape index (κ1) is 14.8. The van der Waals surface area contributed by atoms with Crippen LogP contribution in [0.5, 0.6) is 5.75 Å². The minimum absolute atomic E-state index is 0. The third kappa shape index (κ3) is 3.37. The van der Waals surface area contributed by atoms with E-state index in [1.165, 1.54) is 0 Å². The summed E-state index contributed by atoms with van der Waals surface area (Å²) < 4.78 is 5.04. The Morgan fingerprint density at radius 3 is 2.44 bits per heavy atom. The molecule has 0 aliphatic heterocycles. The van der Waals surface area contributed by atoms with E-state index in [9.17, 15) is 4.79 Å². The van der Waals surface area contributed by atoms with Crippen LogP contribution in [0.15, 0.2) is 24.3 Å². The molecule has 1 aromatic rings.